The minimum absolute atomic E-state index is 0.331. The zero-order valence-corrected chi connectivity index (χ0v) is 19.6. The lowest BCUT2D eigenvalue weighted by Crippen LogP contribution is -2.48. The fourth-order valence-electron chi connectivity index (χ4n) is 5.30. The van der Waals surface area contributed by atoms with Crippen molar-refractivity contribution in [2.24, 2.45) is 5.92 Å². The molecular weight excluding hydrogens is 414 g/mol. The van der Waals surface area contributed by atoms with Crippen LogP contribution in [0.15, 0.2) is 36.8 Å². The zero-order chi connectivity index (χ0) is 22.2. The molecule has 5 heterocycles. The Labute approximate surface area is 195 Å². The van der Waals surface area contributed by atoms with Crippen molar-refractivity contribution in [1.82, 2.24) is 29.0 Å². The molecule has 0 spiro atoms. The van der Waals surface area contributed by atoms with Gasteiger partial charge >= 0.3 is 0 Å². The number of hydrogen-bond acceptors (Lipinski definition) is 6. The van der Waals surface area contributed by atoms with E-state index in [0.717, 1.165) is 70.6 Å². The van der Waals surface area contributed by atoms with Crippen molar-refractivity contribution in [3.63, 3.8) is 0 Å². The molecule has 0 radical (unpaired) electrons. The first kappa shape index (κ1) is 21.1. The molecular formula is C25H35N7O. The van der Waals surface area contributed by atoms with Gasteiger partial charge in [-0.1, -0.05) is 6.07 Å². The molecule has 6 rings (SSSR count). The minimum Gasteiger partial charge on any atom is -0.378 e. The van der Waals surface area contributed by atoms with Crippen LogP contribution in [0.2, 0.25) is 0 Å². The molecule has 2 saturated heterocycles. The lowest BCUT2D eigenvalue weighted by molar-refractivity contribution is 0.0640. The average Bonchev–Trinajstić information content (AvgIpc) is 3.37. The number of ether oxygens (including phenoxy) is 1. The van der Waals surface area contributed by atoms with Crippen LogP contribution in [0.5, 0.6) is 0 Å². The van der Waals surface area contributed by atoms with Gasteiger partial charge in [0.05, 0.1) is 31.1 Å². The van der Waals surface area contributed by atoms with Gasteiger partial charge in [-0.3, -0.25) is 18.9 Å². The Kier molecular flexibility index (Phi) is 5.82. The molecule has 2 aliphatic heterocycles. The third kappa shape index (κ3) is 4.52. The van der Waals surface area contributed by atoms with Gasteiger partial charge in [0.2, 0.25) is 0 Å². The summed E-state index contributed by atoms with van der Waals surface area (Å²) in [7, 11) is 0. The standard InChI is InChI=1S/C25H35N7O/c1-2-31-17-21(14-26-31)15-28-8-9-30(16-20-6-7-20)23(19-28)22-18-32-24(27-22)4-3-5-25(32)29-10-12-33-13-11-29/h3-5,14,17-18,20,23H,2,6-13,15-16,19H2,1H3. The van der Waals surface area contributed by atoms with E-state index in [9.17, 15) is 0 Å². The number of piperazine rings is 1. The molecule has 3 aliphatic rings. The Morgan fingerprint density at radius 2 is 1.94 bits per heavy atom. The van der Waals surface area contributed by atoms with Crippen LogP contribution in [0.1, 0.15) is 37.1 Å². The first-order chi connectivity index (χ1) is 16.3. The van der Waals surface area contributed by atoms with Gasteiger partial charge in [-0.25, -0.2) is 4.98 Å². The first-order valence-corrected chi connectivity index (χ1v) is 12.6. The number of anilines is 1. The second-order valence-corrected chi connectivity index (χ2v) is 9.77. The highest BCUT2D eigenvalue weighted by molar-refractivity contribution is 5.53. The smallest absolute Gasteiger partial charge is 0.138 e. The number of aryl methyl sites for hydroxylation is 1. The van der Waals surface area contributed by atoms with E-state index >= 15 is 0 Å². The predicted molar refractivity (Wildman–Crippen MR) is 128 cm³/mol. The molecule has 8 heteroatoms. The molecule has 1 atom stereocenters. The van der Waals surface area contributed by atoms with E-state index in [0.29, 0.717) is 6.04 Å². The number of aromatic nitrogens is 4. The fourth-order valence-corrected chi connectivity index (χ4v) is 5.30. The molecule has 8 nitrogen and oxygen atoms in total. The lowest BCUT2D eigenvalue weighted by Gasteiger charge is -2.40. The van der Waals surface area contributed by atoms with Gasteiger partial charge in [0.1, 0.15) is 11.5 Å². The van der Waals surface area contributed by atoms with Gasteiger partial charge < -0.3 is 9.64 Å². The van der Waals surface area contributed by atoms with Gasteiger partial charge in [-0.2, -0.15) is 5.10 Å². The van der Waals surface area contributed by atoms with Gasteiger partial charge in [0, 0.05) is 70.3 Å². The number of fused-ring (bicyclic) bond motifs is 1. The minimum atomic E-state index is 0.331. The number of pyridine rings is 1. The summed E-state index contributed by atoms with van der Waals surface area (Å²) in [6, 6.07) is 6.82. The molecule has 1 aliphatic carbocycles. The molecule has 3 fully saturated rings. The van der Waals surface area contributed by atoms with E-state index in [1.807, 2.05) is 10.9 Å². The Balaban J connectivity index is 1.27. The van der Waals surface area contributed by atoms with Crippen LogP contribution < -0.4 is 4.90 Å². The van der Waals surface area contributed by atoms with E-state index in [2.05, 4.69) is 61.7 Å². The summed E-state index contributed by atoms with van der Waals surface area (Å²) in [5, 5.41) is 4.47. The number of rotatable bonds is 7. The normalized spacial score (nSPS) is 22.9. The van der Waals surface area contributed by atoms with E-state index in [1.54, 1.807) is 0 Å². The molecule has 3 aromatic heterocycles. The maximum absolute atomic E-state index is 5.58. The Morgan fingerprint density at radius 1 is 1.06 bits per heavy atom. The SMILES string of the molecule is CCn1cc(CN2CCN(CC3CC3)C(c3cn4c(N5CCOCC5)cccc4n3)C2)cn1. The van der Waals surface area contributed by atoms with Crippen LogP contribution in [-0.2, 0) is 17.8 Å². The molecule has 3 aromatic rings. The molecule has 0 N–H and O–H groups in total. The van der Waals surface area contributed by atoms with E-state index in [-0.39, 0.29) is 0 Å². The van der Waals surface area contributed by atoms with Crippen molar-refractivity contribution < 1.29 is 4.74 Å². The maximum Gasteiger partial charge on any atom is 0.138 e. The Morgan fingerprint density at radius 3 is 2.73 bits per heavy atom. The Hall–Kier alpha value is -2.42. The van der Waals surface area contributed by atoms with Crippen molar-refractivity contribution >= 4 is 11.5 Å². The summed E-state index contributed by atoms with van der Waals surface area (Å²) in [6.45, 7) is 11.9. The van der Waals surface area contributed by atoms with E-state index < -0.39 is 0 Å². The topological polar surface area (TPSA) is 54.1 Å². The molecule has 0 bridgehead atoms. The summed E-state index contributed by atoms with van der Waals surface area (Å²) in [6.07, 6.45) is 9.27. The van der Waals surface area contributed by atoms with Gasteiger partial charge in [0.25, 0.3) is 0 Å². The summed E-state index contributed by atoms with van der Waals surface area (Å²) in [5.41, 5.74) is 3.54. The number of imidazole rings is 1. The Bertz CT molecular complexity index is 1080. The zero-order valence-electron chi connectivity index (χ0n) is 19.6. The quantitative estimate of drug-likeness (QED) is 0.553. The first-order valence-electron chi connectivity index (χ1n) is 12.6. The molecule has 33 heavy (non-hydrogen) atoms. The lowest BCUT2D eigenvalue weighted by atomic mass is 10.1. The van der Waals surface area contributed by atoms with Crippen LogP contribution >= 0.6 is 0 Å². The van der Waals surface area contributed by atoms with Crippen LogP contribution in [0, 0.1) is 5.92 Å². The molecule has 0 aromatic carbocycles. The van der Waals surface area contributed by atoms with Crippen molar-refractivity contribution in [1.29, 1.82) is 0 Å². The van der Waals surface area contributed by atoms with Crippen LogP contribution in [0.3, 0.4) is 0 Å². The van der Waals surface area contributed by atoms with Gasteiger partial charge in [-0.05, 0) is 37.8 Å². The largest absolute Gasteiger partial charge is 0.378 e. The number of nitrogens with zero attached hydrogens (tertiary/aromatic N) is 7. The van der Waals surface area contributed by atoms with Crippen molar-refractivity contribution in [3.8, 4) is 0 Å². The molecule has 1 unspecified atom stereocenters. The van der Waals surface area contributed by atoms with E-state index in [1.165, 1.54) is 36.5 Å². The molecule has 1 saturated carbocycles. The van der Waals surface area contributed by atoms with E-state index in [4.69, 9.17) is 9.72 Å². The second kappa shape index (κ2) is 9.08. The highest BCUT2D eigenvalue weighted by atomic mass is 16.5. The highest BCUT2D eigenvalue weighted by Crippen LogP contribution is 2.35. The third-order valence-corrected chi connectivity index (χ3v) is 7.35. The molecule has 0 amide bonds. The summed E-state index contributed by atoms with van der Waals surface area (Å²) in [5.74, 6) is 2.10. The predicted octanol–water partition coefficient (Wildman–Crippen LogP) is 2.66. The van der Waals surface area contributed by atoms with Gasteiger partial charge in [-0.15, -0.1) is 0 Å². The van der Waals surface area contributed by atoms with Gasteiger partial charge in [0.15, 0.2) is 0 Å². The maximum atomic E-state index is 5.58. The monoisotopic (exact) mass is 449 g/mol. The number of hydrogen-bond donors (Lipinski definition) is 0. The van der Waals surface area contributed by atoms with Crippen molar-refractivity contribution in [3.05, 3.63) is 48.0 Å². The van der Waals surface area contributed by atoms with Crippen molar-refractivity contribution in [2.75, 3.05) is 57.4 Å². The van der Waals surface area contributed by atoms with Crippen molar-refractivity contribution in [2.45, 2.75) is 38.9 Å². The average molecular weight is 450 g/mol. The van der Waals surface area contributed by atoms with Crippen LogP contribution in [-0.4, -0.2) is 81.4 Å². The highest BCUT2D eigenvalue weighted by Gasteiger charge is 2.34. The second-order valence-electron chi connectivity index (χ2n) is 9.77. The van der Waals surface area contributed by atoms with Crippen LogP contribution in [0.4, 0.5) is 5.82 Å². The third-order valence-electron chi connectivity index (χ3n) is 7.35. The summed E-state index contributed by atoms with van der Waals surface area (Å²) in [4.78, 5) is 12.8. The number of morpholine rings is 1. The fraction of sp³-hybridized carbons (Fsp3) is 0.600. The summed E-state index contributed by atoms with van der Waals surface area (Å²) >= 11 is 0. The van der Waals surface area contributed by atoms with Crippen LogP contribution in [0.25, 0.3) is 5.65 Å². The molecule has 176 valence electrons. The summed E-state index contributed by atoms with van der Waals surface area (Å²) < 4.78 is 9.89.